The lowest BCUT2D eigenvalue weighted by molar-refractivity contribution is -0.136. The maximum atomic E-state index is 12.3. The molecular weight excluding hydrogens is 268 g/mol. The van der Waals surface area contributed by atoms with Crippen LogP contribution in [0.5, 0.6) is 0 Å². The standard InChI is InChI=1S/C13H15ClN2O3/c14-9-3-1-4-10(7-9)16(8-12(17)18)13(19)11-5-2-6-15-11/h1,3-4,7,11,15H,2,5-6,8H2,(H,17,18)/t11-/m0/s1. The number of aliphatic carboxylic acids is 1. The van der Waals surface area contributed by atoms with Crippen molar-refractivity contribution < 1.29 is 14.7 Å². The minimum atomic E-state index is -1.05. The first-order chi connectivity index (χ1) is 9.08. The Bertz CT molecular complexity index is 487. The van der Waals surface area contributed by atoms with Crippen molar-refractivity contribution in [2.45, 2.75) is 18.9 Å². The fraction of sp³-hybridized carbons (Fsp3) is 0.385. The van der Waals surface area contributed by atoms with Gasteiger partial charge in [0.25, 0.3) is 0 Å². The second kappa shape index (κ2) is 6.04. The van der Waals surface area contributed by atoms with Gasteiger partial charge in [0.1, 0.15) is 6.54 Å². The summed E-state index contributed by atoms with van der Waals surface area (Å²) in [7, 11) is 0. The predicted octanol–water partition coefficient (Wildman–Crippen LogP) is 1.51. The Morgan fingerprint density at radius 1 is 1.47 bits per heavy atom. The third kappa shape index (κ3) is 3.45. The quantitative estimate of drug-likeness (QED) is 0.878. The maximum absolute atomic E-state index is 12.3. The molecule has 5 nitrogen and oxygen atoms in total. The van der Waals surface area contributed by atoms with Gasteiger partial charge in [0, 0.05) is 10.7 Å². The second-order valence-corrected chi connectivity index (χ2v) is 4.88. The zero-order chi connectivity index (χ0) is 13.8. The van der Waals surface area contributed by atoms with Crippen LogP contribution in [0.2, 0.25) is 5.02 Å². The van der Waals surface area contributed by atoms with Crippen LogP contribution in [0.25, 0.3) is 0 Å². The number of carbonyl (C=O) groups is 2. The molecule has 1 atom stereocenters. The summed E-state index contributed by atoms with van der Waals surface area (Å²) < 4.78 is 0. The monoisotopic (exact) mass is 282 g/mol. The van der Waals surface area contributed by atoms with Crippen molar-refractivity contribution in [2.24, 2.45) is 0 Å². The summed E-state index contributed by atoms with van der Waals surface area (Å²) in [5.41, 5.74) is 0.508. The van der Waals surface area contributed by atoms with Crippen LogP contribution in [0.4, 0.5) is 5.69 Å². The molecule has 0 spiro atoms. The second-order valence-electron chi connectivity index (χ2n) is 4.45. The summed E-state index contributed by atoms with van der Waals surface area (Å²) in [5.74, 6) is -1.27. The zero-order valence-electron chi connectivity index (χ0n) is 10.3. The number of nitrogens with one attached hydrogen (secondary N) is 1. The van der Waals surface area contributed by atoms with Gasteiger partial charge in [-0.05, 0) is 37.6 Å². The van der Waals surface area contributed by atoms with Gasteiger partial charge in [-0.25, -0.2) is 0 Å². The van der Waals surface area contributed by atoms with E-state index >= 15 is 0 Å². The van der Waals surface area contributed by atoms with Gasteiger partial charge in [0.2, 0.25) is 5.91 Å². The zero-order valence-corrected chi connectivity index (χ0v) is 11.1. The van der Waals surface area contributed by atoms with Crippen molar-refractivity contribution in [3.05, 3.63) is 29.3 Å². The lowest BCUT2D eigenvalue weighted by Gasteiger charge is -2.24. The minimum absolute atomic E-state index is 0.220. The van der Waals surface area contributed by atoms with Crippen molar-refractivity contribution in [1.29, 1.82) is 0 Å². The number of carboxylic acids is 1. The molecule has 0 unspecified atom stereocenters. The number of carboxylic acid groups (broad SMARTS) is 1. The number of rotatable bonds is 4. The maximum Gasteiger partial charge on any atom is 0.323 e. The number of anilines is 1. The third-order valence-electron chi connectivity index (χ3n) is 3.04. The molecular formula is C13H15ClN2O3. The van der Waals surface area contributed by atoms with Gasteiger partial charge in [0.15, 0.2) is 0 Å². The lowest BCUT2D eigenvalue weighted by atomic mass is 10.2. The summed E-state index contributed by atoms with van der Waals surface area (Å²) in [6.45, 7) is 0.421. The molecule has 1 amide bonds. The van der Waals surface area contributed by atoms with Crippen LogP contribution in [-0.2, 0) is 9.59 Å². The van der Waals surface area contributed by atoms with E-state index in [1.54, 1.807) is 24.3 Å². The van der Waals surface area contributed by atoms with Crippen LogP contribution in [-0.4, -0.2) is 36.1 Å². The molecule has 0 saturated carbocycles. The highest BCUT2D eigenvalue weighted by molar-refractivity contribution is 6.31. The highest BCUT2D eigenvalue weighted by atomic mass is 35.5. The van der Waals surface area contributed by atoms with Gasteiger partial charge < -0.3 is 10.4 Å². The van der Waals surface area contributed by atoms with Crippen molar-refractivity contribution in [1.82, 2.24) is 5.32 Å². The summed E-state index contributed by atoms with van der Waals surface area (Å²) in [6, 6.07) is 6.35. The van der Waals surface area contributed by atoms with Crippen LogP contribution in [0.3, 0.4) is 0 Å². The van der Waals surface area contributed by atoms with Gasteiger partial charge in [-0.3, -0.25) is 14.5 Å². The van der Waals surface area contributed by atoms with Crippen molar-refractivity contribution in [3.63, 3.8) is 0 Å². The van der Waals surface area contributed by atoms with Crippen LogP contribution >= 0.6 is 11.6 Å². The molecule has 0 bridgehead atoms. The molecule has 2 N–H and O–H groups in total. The molecule has 0 aliphatic carbocycles. The minimum Gasteiger partial charge on any atom is -0.480 e. The number of hydrogen-bond acceptors (Lipinski definition) is 3. The molecule has 2 rings (SSSR count). The van der Waals surface area contributed by atoms with E-state index in [-0.39, 0.29) is 18.5 Å². The average molecular weight is 283 g/mol. The van der Waals surface area contributed by atoms with E-state index in [0.29, 0.717) is 10.7 Å². The van der Waals surface area contributed by atoms with Crippen LogP contribution < -0.4 is 10.2 Å². The molecule has 102 valence electrons. The largest absolute Gasteiger partial charge is 0.480 e. The molecule has 1 heterocycles. The number of amides is 1. The lowest BCUT2D eigenvalue weighted by Crippen LogP contribution is -2.46. The molecule has 1 aliphatic rings. The van der Waals surface area contributed by atoms with Gasteiger partial charge in [-0.1, -0.05) is 17.7 Å². The Kier molecular flexibility index (Phi) is 4.39. The normalized spacial score (nSPS) is 18.3. The molecule has 1 aromatic rings. The van der Waals surface area contributed by atoms with Gasteiger partial charge in [0.05, 0.1) is 6.04 Å². The predicted molar refractivity (Wildman–Crippen MR) is 72.5 cm³/mol. The summed E-state index contributed by atoms with van der Waals surface area (Å²) in [4.78, 5) is 24.6. The van der Waals surface area contributed by atoms with E-state index in [2.05, 4.69) is 5.32 Å². The van der Waals surface area contributed by atoms with E-state index in [1.807, 2.05) is 0 Å². The average Bonchev–Trinajstić information content (AvgIpc) is 2.88. The smallest absolute Gasteiger partial charge is 0.323 e. The van der Waals surface area contributed by atoms with E-state index in [9.17, 15) is 9.59 Å². The van der Waals surface area contributed by atoms with Gasteiger partial charge in [-0.15, -0.1) is 0 Å². The fourth-order valence-electron chi connectivity index (χ4n) is 2.16. The number of halogens is 1. The van der Waals surface area contributed by atoms with Gasteiger partial charge in [-0.2, -0.15) is 0 Å². The molecule has 1 fully saturated rings. The van der Waals surface area contributed by atoms with Crippen LogP contribution in [0.15, 0.2) is 24.3 Å². The number of benzene rings is 1. The van der Waals surface area contributed by atoms with Crippen molar-refractivity contribution in [2.75, 3.05) is 18.0 Å². The first-order valence-electron chi connectivity index (χ1n) is 6.10. The first kappa shape index (κ1) is 13.8. The molecule has 19 heavy (non-hydrogen) atoms. The number of nitrogens with zero attached hydrogens (tertiary/aromatic N) is 1. The Morgan fingerprint density at radius 2 is 2.26 bits per heavy atom. The summed E-state index contributed by atoms with van der Waals surface area (Å²) in [5, 5.41) is 12.5. The highest BCUT2D eigenvalue weighted by Gasteiger charge is 2.29. The van der Waals surface area contributed by atoms with Crippen LogP contribution in [0, 0.1) is 0 Å². The topological polar surface area (TPSA) is 69.6 Å². The molecule has 0 aromatic heterocycles. The summed E-state index contributed by atoms with van der Waals surface area (Å²) in [6.07, 6.45) is 1.66. The SMILES string of the molecule is O=C(O)CN(C(=O)[C@@H]1CCCN1)c1cccc(Cl)c1. The first-order valence-corrected chi connectivity index (χ1v) is 6.48. The highest BCUT2D eigenvalue weighted by Crippen LogP contribution is 2.21. The Labute approximate surface area is 116 Å². The Morgan fingerprint density at radius 3 is 2.84 bits per heavy atom. The van der Waals surface area contributed by atoms with E-state index < -0.39 is 5.97 Å². The molecule has 6 heteroatoms. The number of carbonyl (C=O) groups excluding carboxylic acids is 1. The molecule has 1 aromatic carbocycles. The van der Waals surface area contributed by atoms with Gasteiger partial charge >= 0.3 is 5.97 Å². The number of hydrogen-bond donors (Lipinski definition) is 2. The third-order valence-corrected chi connectivity index (χ3v) is 3.27. The Hall–Kier alpha value is -1.59. The molecule has 1 saturated heterocycles. The van der Waals surface area contributed by atoms with Crippen molar-refractivity contribution in [3.8, 4) is 0 Å². The van der Waals surface area contributed by atoms with E-state index in [4.69, 9.17) is 16.7 Å². The molecule has 1 aliphatic heterocycles. The van der Waals surface area contributed by atoms with E-state index in [0.717, 1.165) is 19.4 Å². The van der Waals surface area contributed by atoms with Crippen molar-refractivity contribution >= 4 is 29.2 Å². The van der Waals surface area contributed by atoms with E-state index in [1.165, 1.54) is 4.90 Å². The molecule has 0 radical (unpaired) electrons. The van der Waals surface area contributed by atoms with Crippen LogP contribution in [0.1, 0.15) is 12.8 Å². The Balaban J connectivity index is 2.24. The summed E-state index contributed by atoms with van der Waals surface area (Å²) >= 11 is 5.89. The fourth-order valence-corrected chi connectivity index (χ4v) is 2.34.